The van der Waals surface area contributed by atoms with E-state index < -0.39 is 0 Å². The van der Waals surface area contributed by atoms with E-state index in [0.29, 0.717) is 13.2 Å². The standard InChI is InChI=1S/C15H22N2O3/c1-11-10-20-13(9-18)8-17(11)15(19)14(7-16)12-5-3-2-4-6-12/h2-6,11,13-14,18H,7-10,16H2,1H3. The van der Waals surface area contributed by atoms with Gasteiger partial charge in [-0.05, 0) is 12.5 Å². The number of hydrogen-bond acceptors (Lipinski definition) is 4. The van der Waals surface area contributed by atoms with Crippen molar-refractivity contribution in [3.05, 3.63) is 35.9 Å². The van der Waals surface area contributed by atoms with Gasteiger partial charge in [0.05, 0.1) is 31.3 Å². The first-order chi connectivity index (χ1) is 9.67. The molecule has 5 nitrogen and oxygen atoms in total. The van der Waals surface area contributed by atoms with E-state index >= 15 is 0 Å². The van der Waals surface area contributed by atoms with Crippen molar-refractivity contribution in [2.45, 2.75) is 25.0 Å². The maximum atomic E-state index is 12.7. The quantitative estimate of drug-likeness (QED) is 0.832. The van der Waals surface area contributed by atoms with Crippen LogP contribution in [-0.4, -0.2) is 54.4 Å². The normalized spacial score (nSPS) is 24.4. The molecule has 2 rings (SSSR count). The molecule has 1 aromatic rings. The fraction of sp³-hybridized carbons (Fsp3) is 0.533. The van der Waals surface area contributed by atoms with Crippen molar-refractivity contribution in [2.75, 3.05) is 26.3 Å². The summed E-state index contributed by atoms with van der Waals surface area (Å²) in [7, 11) is 0. The lowest BCUT2D eigenvalue weighted by Gasteiger charge is -2.39. The number of rotatable bonds is 4. The highest BCUT2D eigenvalue weighted by molar-refractivity contribution is 5.84. The third-order valence-corrected chi connectivity index (χ3v) is 3.73. The van der Waals surface area contributed by atoms with Crippen molar-refractivity contribution in [1.29, 1.82) is 0 Å². The first kappa shape index (κ1) is 15.0. The van der Waals surface area contributed by atoms with Crippen LogP contribution in [0.3, 0.4) is 0 Å². The number of aliphatic hydroxyl groups excluding tert-OH is 1. The van der Waals surface area contributed by atoms with Crippen LogP contribution in [0.4, 0.5) is 0 Å². The average molecular weight is 278 g/mol. The Morgan fingerprint density at radius 2 is 2.20 bits per heavy atom. The molecule has 0 aromatic heterocycles. The fourth-order valence-electron chi connectivity index (χ4n) is 2.50. The second-order valence-electron chi connectivity index (χ2n) is 5.18. The van der Waals surface area contributed by atoms with Gasteiger partial charge in [-0.15, -0.1) is 0 Å². The molecule has 3 unspecified atom stereocenters. The molecular formula is C15H22N2O3. The topological polar surface area (TPSA) is 75.8 Å². The number of benzene rings is 1. The number of nitrogens with zero attached hydrogens (tertiary/aromatic N) is 1. The largest absolute Gasteiger partial charge is 0.394 e. The van der Waals surface area contributed by atoms with Gasteiger partial charge in [-0.25, -0.2) is 0 Å². The summed E-state index contributed by atoms with van der Waals surface area (Å²) in [4.78, 5) is 14.5. The van der Waals surface area contributed by atoms with Crippen LogP contribution in [0.5, 0.6) is 0 Å². The summed E-state index contributed by atoms with van der Waals surface area (Å²) in [5, 5.41) is 9.20. The zero-order valence-corrected chi connectivity index (χ0v) is 11.7. The molecule has 0 spiro atoms. The zero-order chi connectivity index (χ0) is 14.5. The zero-order valence-electron chi connectivity index (χ0n) is 11.7. The minimum atomic E-state index is -0.337. The molecule has 0 radical (unpaired) electrons. The van der Waals surface area contributed by atoms with Crippen molar-refractivity contribution in [1.82, 2.24) is 4.90 Å². The lowest BCUT2D eigenvalue weighted by atomic mass is 9.96. The van der Waals surface area contributed by atoms with Gasteiger partial charge in [0.15, 0.2) is 0 Å². The van der Waals surface area contributed by atoms with Crippen molar-refractivity contribution >= 4 is 5.91 Å². The molecule has 1 aliphatic rings. The molecule has 3 N–H and O–H groups in total. The lowest BCUT2D eigenvalue weighted by molar-refractivity contribution is -0.147. The van der Waals surface area contributed by atoms with E-state index in [4.69, 9.17) is 10.5 Å². The molecule has 1 fully saturated rings. The average Bonchev–Trinajstić information content (AvgIpc) is 2.49. The van der Waals surface area contributed by atoms with E-state index in [9.17, 15) is 9.90 Å². The van der Waals surface area contributed by atoms with Crippen LogP contribution in [0.25, 0.3) is 0 Å². The van der Waals surface area contributed by atoms with Crippen LogP contribution < -0.4 is 5.73 Å². The first-order valence-corrected chi connectivity index (χ1v) is 6.95. The van der Waals surface area contributed by atoms with Crippen LogP contribution in [0.2, 0.25) is 0 Å². The van der Waals surface area contributed by atoms with Gasteiger partial charge in [-0.1, -0.05) is 30.3 Å². The smallest absolute Gasteiger partial charge is 0.231 e. The Labute approximate surface area is 119 Å². The Balaban J connectivity index is 2.15. The number of carbonyl (C=O) groups excluding carboxylic acids is 1. The van der Waals surface area contributed by atoms with E-state index in [1.807, 2.05) is 37.3 Å². The summed E-state index contributed by atoms with van der Waals surface area (Å²) in [6.45, 7) is 3.01. The van der Waals surface area contributed by atoms with Gasteiger partial charge < -0.3 is 20.5 Å². The molecule has 1 heterocycles. The van der Waals surface area contributed by atoms with Gasteiger partial charge >= 0.3 is 0 Å². The number of carbonyl (C=O) groups is 1. The number of aliphatic hydroxyl groups is 1. The molecule has 0 saturated carbocycles. The van der Waals surface area contributed by atoms with Crippen molar-refractivity contribution in [3.8, 4) is 0 Å². The third kappa shape index (κ3) is 3.17. The van der Waals surface area contributed by atoms with Gasteiger partial charge in [-0.3, -0.25) is 4.79 Å². The van der Waals surface area contributed by atoms with Crippen LogP contribution in [-0.2, 0) is 9.53 Å². The number of morpholine rings is 1. The monoisotopic (exact) mass is 278 g/mol. The second-order valence-corrected chi connectivity index (χ2v) is 5.18. The Morgan fingerprint density at radius 1 is 1.50 bits per heavy atom. The highest BCUT2D eigenvalue weighted by Crippen LogP contribution is 2.21. The Kier molecular flexibility index (Phi) is 5.11. The van der Waals surface area contributed by atoms with Crippen LogP contribution in [0.1, 0.15) is 18.4 Å². The van der Waals surface area contributed by atoms with Crippen LogP contribution in [0, 0.1) is 0 Å². The summed E-state index contributed by atoms with van der Waals surface area (Å²) in [5.41, 5.74) is 6.73. The highest BCUT2D eigenvalue weighted by atomic mass is 16.5. The van der Waals surface area contributed by atoms with Crippen molar-refractivity contribution in [3.63, 3.8) is 0 Å². The molecule has 5 heteroatoms. The number of ether oxygens (including phenoxy) is 1. The molecule has 1 aliphatic heterocycles. The van der Waals surface area contributed by atoms with Gasteiger partial charge in [-0.2, -0.15) is 0 Å². The van der Waals surface area contributed by atoms with Crippen LogP contribution in [0.15, 0.2) is 30.3 Å². The van der Waals surface area contributed by atoms with Gasteiger partial charge in [0, 0.05) is 13.1 Å². The SMILES string of the molecule is CC1COC(CO)CN1C(=O)C(CN)c1ccccc1. The molecule has 1 aromatic carbocycles. The summed E-state index contributed by atoms with van der Waals surface area (Å²) >= 11 is 0. The van der Waals surface area contributed by atoms with E-state index in [1.165, 1.54) is 0 Å². The maximum Gasteiger partial charge on any atom is 0.231 e. The van der Waals surface area contributed by atoms with Gasteiger partial charge in [0.2, 0.25) is 5.91 Å². The lowest BCUT2D eigenvalue weighted by Crippen LogP contribution is -2.53. The number of amides is 1. The maximum absolute atomic E-state index is 12.7. The summed E-state index contributed by atoms with van der Waals surface area (Å²) in [5.74, 6) is -0.330. The number of hydrogen-bond donors (Lipinski definition) is 2. The predicted molar refractivity (Wildman–Crippen MR) is 76.2 cm³/mol. The summed E-state index contributed by atoms with van der Waals surface area (Å²) in [6, 6.07) is 9.58. The fourth-order valence-corrected chi connectivity index (χ4v) is 2.50. The minimum Gasteiger partial charge on any atom is -0.394 e. The molecule has 3 atom stereocenters. The summed E-state index contributed by atoms with van der Waals surface area (Å²) < 4.78 is 5.46. The highest BCUT2D eigenvalue weighted by Gasteiger charge is 2.33. The molecule has 0 aliphatic carbocycles. The van der Waals surface area contributed by atoms with Crippen LogP contribution >= 0.6 is 0 Å². The molecule has 20 heavy (non-hydrogen) atoms. The second kappa shape index (κ2) is 6.83. The van der Waals surface area contributed by atoms with E-state index in [2.05, 4.69) is 0 Å². The van der Waals surface area contributed by atoms with E-state index in [0.717, 1.165) is 5.56 Å². The van der Waals surface area contributed by atoms with E-state index in [-0.39, 0.29) is 37.1 Å². The predicted octanol–water partition coefficient (Wildman–Crippen LogP) is 0.337. The molecule has 110 valence electrons. The molecule has 0 bridgehead atoms. The number of nitrogens with two attached hydrogens (primary N) is 1. The molecule has 1 amide bonds. The van der Waals surface area contributed by atoms with Gasteiger partial charge in [0.1, 0.15) is 0 Å². The Morgan fingerprint density at radius 3 is 2.80 bits per heavy atom. The first-order valence-electron chi connectivity index (χ1n) is 6.95. The minimum absolute atomic E-state index is 0.00284. The van der Waals surface area contributed by atoms with Crippen molar-refractivity contribution < 1.29 is 14.6 Å². The Bertz CT molecular complexity index is 438. The third-order valence-electron chi connectivity index (χ3n) is 3.73. The van der Waals surface area contributed by atoms with Gasteiger partial charge in [0.25, 0.3) is 0 Å². The molecule has 1 saturated heterocycles. The molecular weight excluding hydrogens is 256 g/mol. The van der Waals surface area contributed by atoms with E-state index in [1.54, 1.807) is 4.90 Å². The Hall–Kier alpha value is -1.43. The summed E-state index contributed by atoms with van der Waals surface area (Å²) in [6.07, 6.45) is -0.302. The van der Waals surface area contributed by atoms with Crippen molar-refractivity contribution in [2.24, 2.45) is 5.73 Å².